The first-order chi connectivity index (χ1) is 28.8. The van der Waals surface area contributed by atoms with Crippen LogP contribution >= 0.6 is 11.3 Å². The number of pyridine rings is 1. The maximum Gasteiger partial charge on any atom is 0.388 e. The fourth-order valence-electron chi connectivity index (χ4n) is 8.82. The van der Waals surface area contributed by atoms with Crippen molar-refractivity contribution in [1.29, 1.82) is 0 Å². The number of hydrogen-bond donors (Lipinski definition) is 0. The molecule has 1 fully saturated rings. The highest BCUT2D eigenvalue weighted by Gasteiger charge is 2.55. The van der Waals surface area contributed by atoms with Gasteiger partial charge in [0, 0.05) is 28.8 Å². The minimum absolute atomic E-state index is 0.187. The number of anilines is 3. The third-order valence-electron chi connectivity index (χ3n) is 11.2. The summed E-state index contributed by atoms with van der Waals surface area (Å²) in [6.45, 7) is -0.642. The van der Waals surface area contributed by atoms with Crippen molar-refractivity contribution in [3.63, 3.8) is 0 Å². The third-order valence-corrected chi connectivity index (χ3v) is 12.3. The Morgan fingerprint density at radius 1 is 0.414 bits per heavy atom. The van der Waals surface area contributed by atoms with E-state index in [1.165, 1.54) is 16.4 Å². The van der Waals surface area contributed by atoms with Crippen molar-refractivity contribution >= 4 is 91.9 Å². The van der Waals surface area contributed by atoms with Crippen LogP contribution in [-0.4, -0.2) is 35.3 Å². The van der Waals surface area contributed by atoms with Gasteiger partial charge in [0.2, 0.25) is 0 Å². The van der Waals surface area contributed by atoms with Crippen LogP contribution in [0, 0.1) is 0 Å². The molecule has 7 aromatic carbocycles. The zero-order valence-electron chi connectivity index (χ0n) is 31.5. The van der Waals surface area contributed by atoms with Gasteiger partial charge in [-0.15, -0.1) is 0 Å². The fourth-order valence-corrected chi connectivity index (χ4v) is 9.97. The molecule has 1 aliphatic heterocycles. The largest absolute Gasteiger partial charge is 0.416 e. The van der Waals surface area contributed by atoms with Crippen LogP contribution in [0.3, 0.4) is 0 Å². The first-order valence-corrected chi connectivity index (χ1v) is 20.5. The number of benzene rings is 7. The second-order valence-electron chi connectivity index (χ2n) is 14.6. The predicted octanol–water partition coefficient (Wildman–Crippen LogP) is 8.78. The van der Waals surface area contributed by atoms with Crippen molar-refractivity contribution < 1.29 is 0 Å². The van der Waals surface area contributed by atoms with Gasteiger partial charge in [0.1, 0.15) is 0 Å². The average Bonchev–Trinajstić information content (AvgIpc) is 3.86. The van der Waals surface area contributed by atoms with E-state index >= 15 is 0 Å². The maximum atomic E-state index is 5.08. The summed E-state index contributed by atoms with van der Waals surface area (Å²) in [5, 5.41) is 0. The number of para-hydroxylation sites is 4. The second kappa shape index (κ2) is 14.5. The molecule has 10 heteroatoms. The van der Waals surface area contributed by atoms with Gasteiger partial charge in [-0.25, -0.2) is 4.98 Å². The van der Waals surface area contributed by atoms with Crippen molar-refractivity contribution in [1.82, 2.24) is 14.4 Å². The Labute approximate surface area is 342 Å². The highest BCUT2D eigenvalue weighted by atomic mass is 32.1. The number of nitrogens with zero attached hydrogens (tertiary/aromatic N) is 6. The molecule has 0 spiro atoms. The van der Waals surface area contributed by atoms with Crippen LogP contribution in [0.25, 0.3) is 37.5 Å². The van der Waals surface area contributed by atoms with Crippen molar-refractivity contribution in [2.24, 2.45) is 0 Å². The van der Waals surface area contributed by atoms with Crippen LogP contribution < -0.4 is 30.6 Å². The van der Waals surface area contributed by atoms with Gasteiger partial charge in [0.15, 0.2) is 4.96 Å². The van der Waals surface area contributed by atoms with Gasteiger partial charge in [-0.3, -0.25) is 9.38 Å². The topological polar surface area (TPSA) is 39.9 Å². The maximum absolute atomic E-state index is 5.08. The van der Waals surface area contributed by atoms with Gasteiger partial charge < -0.3 is 14.2 Å². The monoisotopic (exact) mass is 760 g/mol. The standard InChI is InChI=1S/C48H35B3N6S/c1-6-20-37(21-7-1)49-55(40-26-12-4-13-27-40)50(38-22-8-2-9-23-38)57(51(39-24-10-3-11-25-39)56(49)41-28-14-5-15-29-41)42-30-18-19-36(35-42)46-47-45(33-34-52-46)54-44-32-17-16-31-43(44)53-48(54)58-47/h1-35H. The lowest BCUT2D eigenvalue weighted by atomic mass is 9.37. The molecule has 10 aromatic rings. The second-order valence-corrected chi connectivity index (χ2v) is 15.6. The van der Waals surface area contributed by atoms with E-state index in [4.69, 9.17) is 9.97 Å². The summed E-state index contributed by atoms with van der Waals surface area (Å²) in [5.74, 6) is 0. The summed E-state index contributed by atoms with van der Waals surface area (Å²) in [4.78, 5) is 11.1. The lowest BCUT2D eigenvalue weighted by Crippen LogP contribution is -2.86. The van der Waals surface area contributed by atoms with Crippen LogP contribution in [0.4, 0.5) is 17.1 Å². The van der Waals surface area contributed by atoms with Gasteiger partial charge in [0.25, 0.3) is 0 Å². The van der Waals surface area contributed by atoms with E-state index in [-0.39, 0.29) is 20.9 Å². The van der Waals surface area contributed by atoms with Crippen molar-refractivity contribution in [3.05, 3.63) is 212 Å². The lowest BCUT2D eigenvalue weighted by Gasteiger charge is -2.57. The molecule has 0 aliphatic carbocycles. The average molecular weight is 760 g/mol. The number of imidazole rings is 1. The fraction of sp³-hybridized carbons (Fsp3) is 0. The van der Waals surface area contributed by atoms with Crippen LogP contribution in [0.2, 0.25) is 0 Å². The van der Waals surface area contributed by atoms with E-state index in [0.29, 0.717) is 0 Å². The molecule has 3 aromatic heterocycles. The molecule has 1 aliphatic rings. The molecule has 1 saturated heterocycles. The quantitative estimate of drug-likeness (QED) is 0.152. The Kier molecular flexibility index (Phi) is 8.55. The van der Waals surface area contributed by atoms with Crippen molar-refractivity contribution in [3.8, 4) is 11.3 Å². The first kappa shape index (κ1) is 34.2. The molecular weight excluding hydrogens is 725 g/mol. The summed E-state index contributed by atoms with van der Waals surface area (Å²) in [6, 6.07) is 74.1. The molecule has 6 nitrogen and oxygen atoms in total. The zero-order chi connectivity index (χ0) is 38.4. The SMILES string of the molecule is c1ccc(B2N(c3ccccc3)B(c3ccccc3)N(c3cccc(-c4nccc5c4sc4nc6ccccc6n45)c3)B(c3ccccc3)N2c2ccccc2)cc1. The summed E-state index contributed by atoms with van der Waals surface area (Å²) >= 11 is 1.70. The number of fused-ring (bicyclic) bond motifs is 5. The number of rotatable bonds is 7. The predicted molar refractivity (Wildman–Crippen MR) is 247 cm³/mol. The Morgan fingerprint density at radius 3 is 1.43 bits per heavy atom. The Bertz CT molecular complexity index is 2910. The molecular formula is C48H35B3N6S. The van der Waals surface area contributed by atoms with E-state index in [2.05, 4.69) is 219 Å². The van der Waals surface area contributed by atoms with E-state index in [1.807, 2.05) is 12.3 Å². The van der Waals surface area contributed by atoms with Crippen molar-refractivity contribution in [2.75, 3.05) is 14.2 Å². The Hall–Kier alpha value is -7.03. The smallest absolute Gasteiger partial charge is 0.388 e. The van der Waals surface area contributed by atoms with Crippen LogP contribution in [0.15, 0.2) is 212 Å². The minimum atomic E-state index is -0.227. The molecule has 0 N–H and O–H groups in total. The highest BCUT2D eigenvalue weighted by molar-refractivity contribution is 7.24. The minimum Gasteiger partial charge on any atom is -0.416 e. The van der Waals surface area contributed by atoms with E-state index in [0.717, 1.165) is 54.5 Å². The third kappa shape index (κ3) is 5.75. The molecule has 272 valence electrons. The number of thiazole rings is 1. The molecule has 0 unspecified atom stereocenters. The number of aromatic nitrogens is 3. The van der Waals surface area contributed by atoms with Gasteiger partial charge in [-0.1, -0.05) is 163 Å². The van der Waals surface area contributed by atoms with E-state index in [9.17, 15) is 0 Å². The molecule has 58 heavy (non-hydrogen) atoms. The Balaban J connectivity index is 1.19. The zero-order valence-corrected chi connectivity index (χ0v) is 32.3. The first-order valence-electron chi connectivity index (χ1n) is 19.7. The number of hydrogen-bond acceptors (Lipinski definition) is 6. The molecule has 0 amide bonds. The summed E-state index contributed by atoms with van der Waals surface area (Å²) in [5.41, 5.74) is 12.1. The van der Waals surface area contributed by atoms with Gasteiger partial charge >= 0.3 is 20.9 Å². The summed E-state index contributed by atoms with van der Waals surface area (Å²) in [6.07, 6.45) is 1.93. The van der Waals surface area contributed by atoms with Crippen LogP contribution in [-0.2, 0) is 0 Å². The normalized spacial score (nSPS) is 13.3. The van der Waals surface area contributed by atoms with E-state index < -0.39 is 0 Å². The summed E-state index contributed by atoms with van der Waals surface area (Å²) in [7, 11) is 0. The van der Waals surface area contributed by atoms with Gasteiger partial charge in [0.05, 0.1) is 26.9 Å². The molecule has 0 saturated carbocycles. The molecule has 0 radical (unpaired) electrons. The van der Waals surface area contributed by atoms with Crippen molar-refractivity contribution in [2.45, 2.75) is 0 Å². The molecule has 4 heterocycles. The molecule has 0 bridgehead atoms. The van der Waals surface area contributed by atoms with Gasteiger partial charge in [-0.05, 0) is 71.0 Å². The highest BCUT2D eigenvalue weighted by Crippen LogP contribution is 2.39. The van der Waals surface area contributed by atoms with E-state index in [1.54, 1.807) is 11.3 Å². The van der Waals surface area contributed by atoms with Crippen LogP contribution in [0.5, 0.6) is 0 Å². The Morgan fingerprint density at radius 2 is 0.879 bits per heavy atom. The molecule has 11 rings (SSSR count). The lowest BCUT2D eigenvalue weighted by molar-refractivity contribution is 1.29. The molecule has 0 atom stereocenters. The van der Waals surface area contributed by atoms with Crippen LogP contribution in [0.1, 0.15) is 0 Å². The summed E-state index contributed by atoms with van der Waals surface area (Å²) < 4.78 is 11.2. The van der Waals surface area contributed by atoms with Gasteiger partial charge in [-0.2, -0.15) is 0 Å².